The molecular formula is C12H20IN3OS. The van der Waals surface area contributed by atoms with Crippen molar-refractivity contribution >= 4 is 47.4 Å². The van der Waals surface area contributed by atoms with Gasteiger partial charge in [0.25, 0.3) is 0 Å². The Bertz CT molecular complexity index is 357. The standard InChI is InChI=1S/C12H19N3OS.HI/c1-16-11-6-4-10(5-7-11)15-12(13)14-8-3-9-17-2;/h4-7H,3,8-9H2,1-2H3,(H3,13,14,15);1H. The van der Waals surface area contributed by atoms with Gasteiger partial charge in [-0.05, 0) is 42.7 Å². The minimum absolute atomic E-state index is 0. The zero-order chi connectivity index (χ0) is 12.5. The summed E-state index contributed by atoms with van der Waals surface area (Å²) >= 11 is 1.82. The monoisotopic (exact) mass is 381 g/mol. The van der Waals surface area contributed by atoms with Crippen LogP contribution in [0.4, 0.5) is 5.69 Å². The zero-order valence-electron chi connectivity index (χ0n) is 10.7. The molecule has 0 saturated heterocycles. The summed E-state index contributed by atoms with van der Waals surface area (Å²) in [5, 5.41) is 3.04. The zero-order valence-corrected chi connectivity index (χ0v) is 13.8. The minimum Gasteiger partial charge on any atom is -0.497 e. The van der Waals surface area contributed by atoms with E-state index < -0.39 is 0 Å². The van der Waals surface area contributed by atoms with Crippen LogP contribution in [-0.2, 0) is 0 Å². The Morgan fingerprint density at radius 1 is 1.39 bits per heavy atom. The van der Waals surface area contributed by atoms with Gasteiger partial charge in [0.05, 0.1) is 7.11 Å². The van der Waals surface area contributed by atoms with Gasteiger partial charge in [0, 0.05) is 12.2 Å². The maximum absolute atomic E-state index is 5.76. The summed E-state index contributed by atoms with van der Waals surface area (Å²) in [4.78, 5) is 4.24. The number of thioether (sulfide) groups is 1. The van der Waals surface area contributed by atoms with Crippen LogP contribution in [-0.4, -0.2) is 31.6 Å². The van der Waals surface area contributed by atoms with Gasteiger partial charge in [-0.1, -0.05) is 0 Å². The number of halogens is 1. The Kier molecular flexibility index (Phi) is 9.95. The van der Waals surface area contributed by atoms with E-state index in [4.69, 9.17) is 10.5 Å². The second-order valence-electron chi connectivity index (χ2n) is 3.47. The van der Waals surface area contributed by atoms with E-state index in [0.29, 0.717) is 5.96 Å². The summed E-state index contributed by atoms with van der Waals surface area (Å²) in [5.74, 6) is 2.39. The summed E-state index contributed by atoms with van der Waals surface area (Å²) in [6.07, 6.45) is 3.13. The summed E-state index contributed by atoms with van der Waals surface area (Å²) < 4.78 is 5.07. The van der Waals surface area contributed by atoms with Crippen molar-refractivity contribution in [2.45, 2.75) is 6.42 Å². The lowest BCUT2D eigenvalue weighted by molar-refractivity contribution is 0.415. The van der Waals surface area contributed by atoms with Crippen molar-refractivity contribution in [2.75, 3.05) is 31.0 Å². The third-order valence-corrected chi connectivity index (χ3v) is 2.85. The number of rotatable bonds is 6. The Morgan fingerprint density at radius 2 is 2.06 bits per heavy atom. The van der Waals surface area contributed by atoms with Crippen molar-refractivity contribution < 1.29 is 4.74 Å². The van der Waals surface area contributed by atoms with E-state index in [0.717, 1.165) is 30.2 Å². The van der Waals surface area contributed by atoms with Crippen LogP contribution in [0, 0.1) is 0 Å². The molecule has 1 aromatic rings. The number of ether oxygens (including phenoxy) is 1. The van der Waals surface area contributed by atoms with Crippen molar-refractivity contribution in [1.29, 1.82) is 0 Å². The number of nitrogens with zero attached hydrogens (tertiary/aromatic N) is 1. The van der Waals surface area contributed by atoms with Gasteiger partial charge < -0.3 is 15.8 Å². The second kappa shape index (κ2) is 10.3. The molecule has 0 atom stereocenters. The van der Waals surface area contributed by atoms with E-state index in [1.165, 1.54) is 0 Å². The van der Waals surface area contributed by atoms with Crippen LogP contribution in [0.2, 0.25) is 0 Å². The molecule has 6 heteroatoms. The number of anilines is 1. The molecule has 102 valence electrons. The molecule has 0 aliphatic carbocycles. The smallest absolute Gasteiger partial charge is 0.193 e. The Morgan fingerprint density at radius 3 is 2.61 bits per heavy atom. The fraction of sp³-hybridized carbons (Fsp3) is 0.417. The molecular weight excluding hydrogens is 361 g/mol. The number of hydrogen-bond acceptors (Lipinski definition) is 3. The van der Waals surface area contributed by atoms with Crippen LogP contribution in [0.3, 0.4) is 0 Å². The van der Waals surface area contributed by atoms with Crippen LogP contribution < -0.4 is 15.8 Å². The first-order chi connectivity index (χ1) is 8.26. The average molecular weight is 381 g/mol. The molecule has 0 bridgehead atoms. The molecule has 0 spiro atoms. The van der Waals surface area contributed by atoms with Crippen molar-refractivity contribution in [3.63, 3.8) is 0 Å². The number of nitrogens with two attached hydrogens (primary N) is 1. The summed E-state index contributed by atoms with van der Waals surface area (Å²) in [7, 11) is 1.64. The molecule has 1 aromatic carbocycles. The van der Waals surface area contributed by atoms with E-state index >= 15 is 0 Å². The molecule has 0 saturated carbocycles. The molecule has 0 radical (unpaired) electrons. The fourth-order valence-electron chi connectivity index (χ4n) is 1.27. The predicted molar refractivity (Wildman–Crippen MR) is 91.5 cm³/mol. The lowest BCUT2D eigenvalue weighted by Gasteiger charge is -2.06. The molecule has 0 aliphatic heterocycles. The first-order valence-electron chi connectivity index (χ1n) is 5.46. The third-order valence-electron chi connectivity index (χ3n) is 2.15. The van der Waals surface area contributed by atoms with Gasteiger partial charge in [0.15, 0.2) is 5.96 Å². The summed E-state index contributed by atoms with van der Waals surface area (Å²) in [5.41, 5.74) is 6.67. The van der Waals surface area contributed by atoms with Gasteiger partial charge in [-0.15, -0.1) is 24.0 Å². The molecule has 0 unspecified atom stereocenters. The molecule has 4 nitrogen and oxygen atoms in total. The highest BCUT2D eigenvalue weighted by atomic mass is 127. The lowest BCUT2D eigenvalue weighted by atomic mass is 10.3. The highest BCUT2D eigenvalue weighted by Gasteiger charge is 1.95. The fourth-order valence-corrected chi connectivity index (χ4v) is 1.69. The van der Waals surface area contributed by atoms with E-state index in [2.05, 4.69) is 16.6 Å². The van der Waals surface area contributed by atoms with Crippen LogP contribution in [0.1, 0.15) is 6.42 Å². The summed E-state index contributed by atoms with van der Waals surface area (Å²) in [6, 6.07) is 7.57. The highest BCUT2D eigenvalue weighted by Crippen LogP contribution is 2.14. The van der Waals surface area contributed by atoms with E-state index in [1.807, 2.05) is 36.0 Å². The molecule has 0 heterocycles. The number of benzene rings is 1. The summed E-state index contributed by atoms with van der Waals surface area (Å²) in [6.45, 7) is 0.760. The molecule has 0 amide bonds. The average Bonchev–Trinajstić information content (AvgIpc) is 2.36. The molecule has 0 fully saturated rings. The normalized spacial score (nSPS) is 10.7. The van der Waals surface area contributed by atoms with E-state index in [-0.39, 0.29) is 24.0 Å². The number of methoxy groups -OCH3 is 1. The van der Waals surface area contributed by atoms with Gasteiger partial charge >= 0.3 is 0 Å². The first-order valence-corrected chi connectivity index (χ1v) is 6.85. The Balaban J connectivity index is 0.00000289. The van der Waals surface area contributed by atoms with Gasteiger partial charge in [-0.2, -0.15) is 11.8 Å². The first kappa shape index (κ1) is 17.4. The molecule has 18 heavy (non-hydrogen) atoms. The van der Waals surface area contributed by atoms with E-state index in [9.17, 15) is 0 Å². The second-order valence-corrected chi connectivity index (χ2v) is 4.45. The number of hydrogen-bond donors (Lipinski definition) is 2. The van der Waals surface area contributed by atoms with Gasteiger partial charge in [0.2, 0.25) is 0 Å². The van der Waals surface area contributed by atoms with Crippen molar-refractivity contribution in [3.05, 3.63) is 24.3 Å². The quantitative estimate of drug-likeness (QED) is 0.344. The van der Waals surface area contributed by atoms with Crippen molar-refractivity contribution in [2.24, 2.45) is 10.7 Å². The molecule has 3 N–H and O–H groups in total. The van der Waals surface area contributed by atoms with Crippen molar-refractivity contribution in [1.82, 2.24) is 0 Å². The van der Waals surface area contributed by atoms with Crippen LogP contribution in [0.25, 0.3) is 0 Å². The number of aliphatic imine (C=N–C) groups is 1. The number of guanidine groups is 1. The Hall–Kier alpha value is -0.630. The van der Waals surface area contributed by atoms with Crippen LogP contribution >= 0.6 is 35.7 Å². The van der Waals surface area contributed by atoms with Gasteiger partial charge in [-0.25, -0.2) is 0 Å². The van der Waals surface area contributed by atoms with Crippen molar-refractivity contribution in [3.8, 4) is 5.75 Å². The maximum Gasteiger partial charge on any atom is 0.193 e. The topological polar surface area (TPSA) is 59.6 Å². The molecule has 0 aliphatic rings. The third kappa shape index (κ3) is 6.95. The predicted octanol–water partition coefficient (Wildman–Crippen LogP) is 2.79. The lowest BCUT2D eigenvalue weighted by Crippen LogP contribution is -2.22. The highest BCUT2D eigenvalue weighted by molar-refractivity contribution is 14.0. The molecule has 1 rings (SSSR count). The van der Waals surface area contributed by atoms with Gasteiger partial charge in [-0.3, -0.25) is 4.99 Å². The maximum atomic E-state index is 5.76. The van der Waals surface area contributed by atoms with Crippen LogP contribution in [0.5, 0.6) is 5.75 Å². The molecule has 0 aromatic heterocycles. The Labute approximate surface area is 130 Å². The van der Waals surface area contributed by atoms with E-state index in [1.54, 1.807) is 7.11 Å². The minimum atomic E-state index is 0. The van der Waals surface area contributed by atoms with Crippen LogP contribution in [0.15, 0.2) is 29.3 Å². The number of nitrogens with one attached hydrogen (secondary N) is 1. The SMILES string of the molecule is COc1ccc(NC(N)=NCCCSC)cc1.I. The largest absolute Gasteiger partial charge is 0.497 e. The van der Waals surface area contributed by atoms with Gasteiger partial charge in [0.1, 0.15) is 5.75 Å².